The van der Waals surface area contributed by atoms with E-state index in [4.69, 9.17) is 11.5 Å². The Balaban J connectivity index is 2.43. The van der Waals surface area contributed by atoms with Crippen molar-refractivity contribution in [2.45, 2.75) is 26.3 Å². The quantitative estimate of drug-likeness (QED) is 0.527. The molecule has 0 radical (unpaired) electrons. The van der Waals surface area contributed by atoms with Crippen LogP contribution < -0.4 is 16.8 Å². The van der Waals surface area contributed by atoms with Gasteiger partial charge in [-0.15, -0.1) is 0 Å². The molecule has 0 bridgehead atoms. The molecule has 3 nitrogen and oxygen atoms in total. The van der Waals surface area contributed by atoms with Crippen molar-refractivity contribution in [2.75, 3.05) is 28.3 Å². The van der Waals surface area contributed by atoms with Crippen LogP contribution >= 0.6 is 11.8 Å². The highest BCUT2D eigenvalue weighted by Crippen LogP contribution is 2.20. The molecule has 0 fully saturated rings. The van der Waals surface area contributed by atoms with E-state index in [1.807, 2.05) is 30.0 Å². The van der Waals surface area contributed by atoms with Crippen LogP contribution in [0.15, 0.2) is 18.2 Å². The Morgan fingerprint density at radius 1 is 1.31 bits per heavy atom. The summed E-state index contributed by atoms with van der Waals surface area (Å²) in [4.78, 5) is 0. The van der Waals surface area contributed by atoms with Gasteiger partial charge in [0.1, 0.15) is 0 Å². The van der Waals surface area contributed by atoms with Gasteiger partial charge in [0.25, 0.3) is 0 Å². The standard InChI is InChI=1S/C12H21N3S/c1-3-16-7-6-9(2)15-10-4-5-11(13)12(14)8-10/h4-5,8-9,15H,3,6-7,13-14H2,1-2H3. The highest BCUT2D eigenvalue weighted by molar-refractivity contribution is 7.99. The van der Waals surface area contributed by atoms with Gasteiger partial charge < -0.3 is 16.8 Å². The number of thioether (sulfide) groups is 1. The van der Waals surface area contributed by atoms with Crippen LogP contribution in [0.25, 0.3) is 0 Å². The highest BCUT2D eigenvalue weighted by Gasteiger charge is 2.03. The van der Waals surface area contributed by atoms with Gasteiger partial charge in [0.05, 0.1) is 11.4 Å². The first-order valence-electron chi connectivity index (χ1n) is 5.62. The maximum absolute atomic E-state index is 5.75. The number of nitrogens with one attached hydrogen (secondary N) is 1. The van der Waals surface area contributed by atoms with E-state index >= 15 is 0 Å². The smallest absolute Gasteiger partial charge is 0.0568 e. The number of hydrogen-bond acceptors (Lipinski definition) is 4. The zero-order valence-electron chi connectivity index (χ0n) is 9.99. The Labute approximate surface area is 102 Å². The Morgan fingerprint density at radius 3 is 2.69 bits per heavy atom. The van der Waals surface area contributed by atoms with Crippen LogP contribution in [0.4, 0.5) is 17.1 Å². The van der Waals surface area contributed by atoms with Crippen molar-refractivity contribution in [3.05, 3.63) is 18.2 Å². The van der Waals surface area contributed by atoms with Crippen molar-refractivity contribution in [1.82, 2.24) is 0 Å². The number of hydrogen-bond donors (Lipinski definition) is 3. The number of benzene rings is 1. The Hall–Kier alpha value is -1.03. The second-order valence-electron chi connectivity index (χ2n) is 3.87. The molecule has 16 heavy (non-hydrogen) atoms. The zero-order valence-corrected chi connectivity index (χ0v) is 10.8. The molecule has 0 aliphatic heterocycles. The average Bonchev–Trinajstić information content (AvgIpc) is 2.24. The molecule has 0 spiro atoms. The fourth-order valence-electron chi connectivity index (χ4n) is 1.43. The van der Waals surface area contributed by atoms with Gasteiger partial charge >= 0.3 is 0 Å². The number of anilines is 3. The second-order valence-corrected chi connectivity index (χ2v) is 5.27. The molecule has 0 saturated carbocycles. The fraction of sp³-hybridized carbons (Fsp3) is 0.500. The van der Waals surface area contributed by atoms with Gasteiger partial charge in [-0.25, -0.2) is 0 Å². The zero-order chi connectivity index (χ0) is 12.0. The minimum absolute atomic E-state index is 0.460. The molecular weight excluding hydrogens is 218 g/mol. The van der Waals surface area contributed by atoms with E-state index in [-0.39, 0.29) is 0 Å². The van der Waals surface area contributed by atoms with Crippen molar-refractivity contribution in [2.24, 2.45) is 0 Å². The average molecular weight is 239 g/mol. The molecule has 0 heterocycles. The van der Waals surface area contributed by atoms with Gasteiger partial charge in [-0.3, -0.25) is 0 Å². The topological polar surface area (TPSA) is 64.1 Å². The van der Waals surface area contributed by atoms with Gasteiger partial charge in [-0.05, 0) is 43.0 Å². The first kappa shape index (κ1) is 13.0. The lowest BCUT2D eigenvalue weighted by Crippen LogP contribution is -2.16. The first-order chi connectivity index (χ1) is 7.63. The maximum Gasteiger partial charge on any atom is 0.0568 e. The molecule has 1 aromatic rings. The molecule has 0 aromatic heterocycles. The first-order valence-corrected chi connectivity index (χ1v) is 6.78. The Bertz CT molecular complexity index is 328. The van der Waals surface area contributed by atoms with Gasteiger partial charge in [0, 0.05) is 11.7 Å². The molecule has 1 unspecified atom stereocenters. The van der Waals surface area contributed by atoms with Crippen LogP contribution in [0.5, 0.6) is 0 Å². The van der Waals surface area contributed by atoms with Crippen LogP contribution in [-0.2, 0) is 0 Å². The summed E-state index contributed by atoms with van der Waals surface area (Å²) in [6.07, 6.45) is 1.16. The lowest BCUT2D eigenvalue weighted by Gasteiger charge is -2.15. The third kappa shape index (κ3) is 4.23. The van der Waals surface area contributed by atoms with Crippen LogP contribution in [-0.4, -0.2) is 17.5 Å². The lowest BCUT2D eigenvalue weighted by molar-refractivity contribution is 0.772. The molecule has 0 saturated heterocycles. The summed E-state index contributed by atoms with van der Waals surface area (Å²) in [5.41, 5.74) is 13.7. The van der Waals surface area contributed by atoms with Crippen LogP contribution in [0, 0.1) is 0 Å². The lowest BCUT2D eigenvalue weighted by atomic mass is 10.2. The third-order valence-electron chi connectivity index (χ3n) is 2.40. The van der Waals surface area contributed by atoms with E-state index in [2.05, 4.69) is 19.2 Å². The van der Waals surface area contributed by atoms with Crippen LogP contribution in [0.3, 0.4) is 0 Å². The summed E-state index contributed by atoms with van der Waals surface area (Å²) in [7, 11) is 0. The highest BCUT2D eigenvalue weighted by atomic mass is 32.2. The van der Waals surface area contributed by atoms with Crippen molar-refractivity contribution >= 4 is 28.8 Å². The summed E-state index contributed by atoms with van der Waals surface area (Å²) in [6.45, 7) is 4.37. The number of nitrogen functional groups attached to an aromatic ring is 2. The molecule has 0 aliphatic rings. The SMILES string of the molecule is CCSCCC(C)Nc1ccc(N)c(N)c1. The predicted molar refractivity (Wildman–Crippen MR) is 76.0 cm³/mol. The molecule has 0 aliphatic carbocycles. The van der Waals surface area contributed by atoms with Gasteiger partial charge in [-0.1, -0.05) is 6.92 Å². The normalized spacial score (nSPS) is 12.4. The van der Waals surface area contributed by atoms with E-state index in [0.29, 0.717) is 17.4 Å². The van der Waals surface area contributed by atoms with Crippen molar-refractivity contribution in [3.8, 4) is 0 Å². The third-order valence-corrected chi connectivity index (χ3v) is 3.33. The minimum Gasteiger partial charge on any atom is -0.397 e. The molecule has 5 N–H and O–H groups in total. The molecule has 1 atom stereocenters. The summed E-state index contributed by atoms with van der Waals surface area (Å²) in [6, 6.07) is 6.15. The van der Waals surface area contributed by atoms with Gasteiger partial charge in [0.15, 0.2) is 0 Å². The molecular formula is C12H21N3S. The van der Waals surface area contributed by atoms with E-state index in [9.17, 15) is 0 Å². The summed E-state index contributed by atoms with van der Waals surface area (Å²) < 4.78 is 0. The van der Waals surface area contributed by atoms with E-state index < -0.39 is 0 Å². The monoisotopic (exact) mass is 239 g/mol. The van der Waals surface area contributed by atoms with Crippen LogP contribution in [0.2, 0.25) is 0 Å². The van der Waals surface area contributed by atoms with E-state index in [0.717, 1.165) is 12.1 Å². The largest absolute Gasteiger partial charge is 0.397 e. The summed E-state index contributed by atoms with van der Waals surface area (Å²) >= 11 is 1.97. The molecule has 1 aromatic carbocycles. The predicted octanol–water partition coefficient (Wildman–Crippen LogP) is 2.79. The molecule has 1 rings (SSSR count). The summed E-state index contributed by atoms with van der Waals surface area (Å²) in [5.74, 6) is 2.37. The van der Waals surface area contributed by atoms with Crippen molar-refractivity contribution < 1.29 is 0 Å². The van der Waals surface area contributed by atoms with E-state index in [1.54, 1.807) is 0 Å². The Kier molecular flexibility index (Phi) is 5.32. The maximum atomic E-state index is 5.75. The number of rotatable bonds is 6. The number of nitrogens with two attached hydrogens (primary N) is 2. The van der Waals surface area contributed by atoms with Gasteiger partial charge in [0.2, 0.25) is 0 Å². The van der Waals surface area contributed by atoms with E-state index in [1.165, 1.54) is 11.5 Å². The fourth-order valence-corrected chi connectivity index (χ4v) is 2.23. The van der Waals surface area contributed by atoms with Gasteiger partial charge in [-0.2, -0.15) is 11.8 Å². The molecule has 0 amide bonds. The molecule has 90 valence electrons. The van der Waals surface area contributed by atoms with Crippen molar-refractivity contribution in [1.29, 1.82) is 0 Å². The van der Waals surface area contributed by atoms with Crippen molar-refractivity contribution in [3.63, 3.8) is 0 Å². The Morgan fingerprint density at radius 2 is 2.06 bits per heavy atom. The second kappa shape index (κ2) is 6.53. The van der Waals surface area contributed by atoms with Crippen LogP contribution in [0.1, 0.15) is 20.3 Å². The molecule has 4 heteroatoms. The minimum atomic E-state index is 0.460. The summed E-state index contributed by atoms with van der Waals surface area (Å²) in [5, 5.41) is 3.42.